The molecule has 0 unspecified atom stereocenters. The summed E-state index contributed by atoms with van der Waals surface area (Å²) in [7, 11) is 0. The Balaban J connectivity index is 1.72. The van der Waals surface area contributed by atoms with E-state index in [0.717, 1.165) is 10.0 Å². The van der Waals surface area contributed by atoms with E-state index < -0.39 is 24.4 Å². The number of esters is 1. The fraction of sp³-hybridized carbons (Fsp3) is 0.211. The lowest BCUT2D eigenvalue weighted by atomic mass is 10.2. The van der Waals surface area contributed by atoms with E-state index in [-0.39, 0.29) is 12.8 Å². The third kappa shape index (κ3) is 7.14. The van der Waals surface area contributed by atoms with Gasteiger partial charge in [0, 0.05) is 21.6 Å². The van der Waals surface area contributed by atoms with Gasteiger partial charge < -0.3 is 15.4 Å². The van der Waals surface area contributed by atoms with Crippen LogP contribution in [0.1, 0.15) is 18.4 Å². The van der Waals surface area contributed by atoms with Crippen molar-refractivity contribution < 1.29 is 19.1 Å². The number of hydrogen-bond acceptors (Lipinski definition) is 4. The van der Waals surface area contributed by atoms with Crippen molar-refractivity contribution in [2.24, 2.45) is 0 Å². The van der Waals surface area contributed by atoms with Crippen LogP contribution in [-0.4, -0.2) is 24.4 Å². The standard InChI is InChI=1S/C19H17BrCl2N2O4/c1-11-8-13(3-4-14(11)20)23-18(26)10-28-19(27)7-6-17(25)24-16-5-2-12(21)9-15(16)22/h2-5,8-9H,6-7,10H2,1H3,(H,23,26)(H,24,25). The lowest BCUT2D eigenvalue weighted by Gasteiger charge is -2.09. The summed E-state index contributed by atoms with van der Waals surface area (Å²) in [5, 5.41) is 5.95. The van der Waals surface area contributed by atoms with Crippen molar-refractivity contribution in [1.82, 2.24) is 0 Å². The molecule has 0 aromatic heterocycles. The number of benzene rings is 2. The molecule has 0 heterocycles. The van der Waals surface area contributed by atoms with Gasteiger partial charge in [0.2, 0.25) is 5.91 Å². The monoisotopic (exact) mass is 486 g/mol. The molecule has 0 aliphatic heterocycles. The van der Waals surface area contributed by atoms with Crippen LogP contribution < -0.4 is 10.6 Å². The van der Waals surface area contributed by atoms with Gasteiger partial charge in [0.15, 0.2) is 6.61 Å². The summed E-state index contributed by atoms with van der Waals surface area (Å²) in [5.41, 5.74) is 1.95. The first-order valence-corrected chi connectivity index (χ1v) is 9.76. The van der Waals surface area contributed by atoms with Crippen LogP contribution in [0.4, 0.5) is 11.4 Å². The van der Waals surface area contributed by atoms with Crippen molar-refractivity contribution in [2.75, 3.05) is 17.2 Å². The molecule has 0 aliphatic rings. The van der Waals surface area contributed by atoms with Crippen LogP contribution >= 0.6 is 39.1 Å². The highest BCUT2D eigenvalue weighted by molar-refractivity contribution is 9.10. The van der Waals surface area contributed by atoms with Crippen LogP contribution in [0.3, 0.4) is 0 Å². The van der Waals surface area contributed by atoms with Crippen LogP contribution in [0.5, 0.6) is 0 Å². The molecule has 0 bridgehead atoms. The van der Waals surface area contributed by atoms with Gasteiger partial charge in [-0.05, 0) is 48.9 Å². The molecule has 0 saturated carbocycles. The molecular formula is C19H17BrCl2N2O4. The third-order valence-electron chi connectivity index (χ3n) is 3.57. The van der Waals surface area contributed by atoms with Crippen LogP contribution in [-0.2, 0) is 19.1 Å². The number of rotatable bonds is 7. The van der Waals surface area contributed by atoms with Gasteiger partial charge in [-0.1, -0.05) is 39.1 Å². The predicted molar refractivity (Wildman–Crippen MR) is 113 cm³/mol. The number of amides is 2. The Labute approximate surface area is 180 Å². The normalized spacial score (nSPS) is 10.3. The molecule has 0 fully saturated rings. The highest BCUT2D eigenvalue weighted by Crippen LogP contribution is 2.25. The van der Waals surface area contributed by atoms with Gasteiger partial charge in [0.1, 0.15) is 0 Å². The number of carbonyl (C=O) groups is 3. The highest BCUT2D eigenvalue weighted by Gasteiger charge is 2.12. The Morgan fingerprint density at radius 3 is 2.43 bits per heavy atom. The first-order chi connectivity index (χ1) is 13.2. The second-order valence-corrected chi connectivity index (χ2v) is 7.54. The first-order valence-electron chi connectivity index (χ1n) is 8.21. The molecule has 0 radical (unpaired) electrons. The summed E-state index contributed by atoms with van der Waals surface area (Å²) in [6, 6.07) is 9.97. The molecule has 0 saturated heterocycles. The van der Waals surface area contributed by atoms with E-state index in [1.54, 1.807) is 24.3 Å². The lowest BCUT2D eigenvalue weighted by Crippen LogP contribution is -2.21. The van der Waals surface area contributed by atoms with Crippen molar-refractivity contribution >= 4 is 68.3 Å². The van der Waals surface area contributed by atoms with Crippen molar-refractivity contribution in [3.05, 3.63) is 56.5 Å². The molecule has 9 heteroatoms. The zero-order valence-corrected chi connectivity index (χ0v) is 18.0. The van der Waals surface area contributed by atoms with E-state index in [2.05, 4.69) is 26.6 Å². The summed E-state index contributed by atoms with van der Waals surface area (Å²) in [4.78, 5) is 35.5. The number of ether oxygens (including phenoxy) is 1. The SMILES string of the molecule is Cc1cc(NC(=O)COC(=O)CCC(=O)Nc2ccc(Cl)cc2Cl)ccc1Br. The summed E-state index contributed by atoms with van der Waals surface area (Å²) >= 11 is 15.1. The second-order valence-electron chi connectivity index (χ2n) is 5.85. The number of anilines is 2. The van der Waals surface area contributed by atoms with E-state index in [4.69, 9.17) is 27.9 Å². The lowest BCUT2D eigenvalue weighted by molar-refractivity contribution is -0.147. The molecular weight excluding hydrogens is 471 g/mol. The summed E-state index contributed by atoms with van der Waals surface area (Å²) < 4.78 is 5.81. The zero-order chi connectivity index (χ0) is 20.7. The van der Waals surface area contributed by atoms with Crippen LogP contribution in [0.25, 0.3) is 0 Å². The van der Waals surface area contributed by atoms with Crippen molar-refractivity contribution in [3.63, 3.8) is 0 Å². The van der Waals surface area contributed by atoms with E-state index in [9.17, 15) is 14.4 Å². The molecule has 148 valence electrons. The fourth-order valence-electron chi connectivity index (χ4n) is 2.16. The summed E-state index contributed by atoms with van der Waals surface area (Å²) in [6.07, 6.45) is -0.271. The molecule has 2 amide bonds. The first kappa shape index (κ1) is 22.2. The molecule has 6 nitrogen and oxygen atoms in total. The van der Waals surface area contributed by atoms with Gasteiger partial charge in [-0.25, -0.2) is 0 Å². The fourth-order valence-corrected chi connectivity index (χ4v) is 2.86. The number of nitrogens with one attached hydrogen (secondary N) is 2. The minimum Gasteiger partial charge on any atom is -0.456 e. The Morgan fingerprint density at radius 1 is 1.00 bits per heavy atom. The van der Waals surface area contributed by atoms with Gasteiger partial charge in [-0.15, -0.1) is 0 Å². The summed E-state index contributed by atoms with van der Waals surface area (Å²) in [5.74, 6) is -1.53. The minimum atomic E-state index is -0.653. The van der Waals surface area contributed by atoms with Crippen LogP contribution in [0.15, 0.2) is 40.9 Å². The number of hydrogen-bond donors (Lipinski definition) is 2. The Bertz CT molecular complexity index is 905. The topological polar surface area (TPSA) is 84.5 Å². The number of carbonyl (C=O) groups excluding carboxylic acids is 3. The quantitative estimate of drug-likeness (QED) is 0.540. The number of halogens is 3. The Morgan fingerprint density at radius 2 is 1.75 bits per heavy atom. The molecule has 2 N–H and O–H groups in total. The average Bonchev–Trinajstić information content (AvgIpc) is 2.63. The highest BCUT2D eigenvalue weighted by atomic mass is 79.9. The van der Waals surface area contributed by atoms with Gasteiger partial charge in [-0.3, -0.25) is 14.4 Å². The van der Waals surface area contributed by atoms with Crippen molar-refractivity contribution in [1.29, 1.82) is 0 Å². The van der Waals surface area contributed by atoms with Crippen molar-refractivity contribution in [2.45, 2.75) is 19.8 Å². The molecule has 2 aromatic rings. The number of aryl methyl sites for hydroxylation is 1. The maximum atomic E-state index is 11.9. The second kappa shape index (κ2) is 10.5. The third-order valence-corrected chi connectivity index (χ3v) is 5.00. The Hall–Kier alpha value is -2.09. The Kier molecular flexibility index (Phi) is 8.29. The smallest absolute Gasteiger partial charge is 0.306 e. The zero-order valence-electron chi connectivity index (χ0n) is 14.9. The van der Waals surface area contributed by atoms with Gasteiger partial charge in [-0.2, -0.15) is 0 Å². The molecule has 28 heavy (non-hydrogen) atoms. The maximum Gasteiger partial charge on any atom is 0.306 e. The largest absolute Gasteiger partial charge is 0.456 e. The van der Waals surface area contributed by atoms with E-state index in [1.165, 1.54) is 6.07 Å². The van der Waals surface area contributed by atoms with Crippen LogP contribution in [0.2, 0.25) is 10.0 Å². The van der Waals surface area contributed by atoms with Gasteiger partial charge in [0.05, 0.1) is 17.1 Å². The molecule has 0 aliphatic carbocycles. The van der Waals surface area contributed by atoms with E-state index >= 15 is 0 Å². The van der Waals surface area contributed by atoms with Gasteiger partial charge in [0.25, 0.3) is 5.91 Å². The molecule has 0 spiro atoms. The average molecular weight is 488 g/mol. The minimum absolute atomic E-state index is 0.106. The van der Waals surface area contributed by atoms with E-state index in [1.807, 2.05) is 13.0 Å². The molecule has 2 rings (SSSR count). The summed E-state index contributed by atoms with van der Waals surface area (Å²) in [6.45, 7) is 1.46. The molecule has 0 atom stereocenters. The van der Waals surface area contributed by atoms with Crippen LogP contribution in [0, 0.1) is 6.92 Å². The predicted octanol–water partition coefficient (Wildman–Crippen LogP) is 4.96. The van der Waals surface area contributed by atoms with Crippen molar-refractivity contribution in [3.8, 4) is 0 Å². The molecule has 2 aromatic carbocycles. The maximum absolute atomic E-state index is 11.9. The van der Waals surface area contributed by atoms with Gasteiger partial charge >= 0.3 is 5.97 Å². The van der Waals surface area contributed by atoms with E-state index in [0.29, 0.717) is 21.4 Å².